The molecule has 7 rings (SSSR count). The molecule has 3 saturated carbocycles. The summed E-state index contributed by atoms with van der Waals surface area (Å²) in [5.41, 5.74) is 0.511. The van der Waals surface area contributed by atoms with Crippen LogP contribution in [-0.2, 0) is 14.4 Å². The number of likely N-dealkylation sites (tertiary alicyclic amines) is 1. The molecule has 4 fully saturated rings. The minimum Gasteiger partial charge on any atom is -0.324 e. The van der Waals surface area contributed by atoms with E-state index in [1.54, 1.807) is 23.1 Å². The van der Waals surface area contributed by atoms with Gasteiger partial charge in [0.25, 0.3) is 0 Å². The van der Waals surface area contributed by atoms with Crippen LogP contribution >= 0.6 is 23.2 Å². The van der Waals surface area contributed by atoms with Gasteiger partial charge >= 0.3 is 0 Å². The maximum absolute atomic E-state index is 13.3. The highest BCUT2D eigenvalue weighted by Gasteiger charge is 2.67. The van der Waals surface area contributed by atoms with Crippen LogP contribution in [0.25, 0.3) is 0 Å². The molecule has 6 atom stereocenters. The van der Waals surface area contributed by atoms with Crippen LogP contribution in [0.1, 0.15) is 32.1 Å². The van der Waals surface area contributed by atoms with Gasteiger partial charge in [-0.15, -0.1) is 0 Å². The molecular weight excluding hydrogens is 435 g/mol. The van der Waals surface area contributed by atoms with Crippen molar-refractivity contribution in [1.82, 2.24) is 4.90 Å². The number of halogens is 2. The highest BCUT2D eigenvalue weighted by atomic mass is 35.5. The van der Waals surface area contributed by atoms with Crippen molar-refractivity contribution < 1.29 is 14.4 Å². The van der Waals surface area contributed by atoms with Crippen LogP contribution < -0.4 is 5.32 Å². The van der Waals surface area contributed by atoms with Gasteiger partial charge in [0.15, 0.2) is 0 Å². The average molecular weight is 459 g/mol. The molecule has 0 radical (unpaired) electrons. The summed E-state index contributed by atoms with van der Waals surface area (Å²) in [5, 5.41) is 3.62. The second-order valence-corrected chi connectivity index (χ2v) is 10.6. The third kappa shape index (κ3) is 2.92. The molecule has 162 valence electrons. The van der Waals surface area contributed by atoms with Crippen LogP contribution in [0.4, 0.5) is 5.69 Å². The van der Waals surface area contributed by atoms with E-state index in [9.17, 15) is 14.4 Å². The Labute approximate surface area is 191 Å². The summed E-state index contributed by atoms with van der Waals surface area (Å²) in [6.07, 6.45) is 8.23. The number of carbonyl (C=O) groups is 3. The van der Waals surface area contributed by atoms with Crippen LogP contribution in [-0.4, -0.2) is 28.7 Å². The first kappa shape index (κ1) is 19.8. The standard InChI is InChI=1S/C24H24Cl2N2O3/c25-17-2-1-3-18(21(17)26)27-22(29)11-4-6-12(7-5-11)28-23(30)19-13-8-9-14(16-10-15(13)16)20(19)24(28)31/h1-3,8-9,11-16,19-20H,4-7,10H2,(H,27,29)/t11?,12?,13-,14-,15-,16+,19-,20+/m0/s1. The van der Waals surface area contributed by atoms with Gasteiger partial charge in [0.2, 0.25) is 17.7 Å². The predicted molar refractivity (Wildman–Crippen MR) is 117 cm³/mol. The number of hydrogen-bond acceptors (Lipinski definition) is 3. The zero-order chi connectivity index (χ0) is 21.4. The molecule has 5 nitrogen and oxygen atoms in total. The van der Waals surface area contributed by atoms with E-state index in [0.717, 1.165) is 0 Å². The molecule has 1 N–H and O–H groups in total. The number of carbonyl (C=O) groups excluding carboxylic acids is 3. The van der Waals surface area contributed by atoms with E-state index in [4.69, 9.17) is 23.2 Å². The van der Waals surface area contributed by atoms with E-state index in [2.05, 4.69) is 17.5 Å². The number of imide groups is 1. The fraction of sp³-hybridized carbons (Fsp3) is 0.542. The molecule has 0 unspecified atom stereocenters. The average Bonchev–Trinajstić information content (AvgIpc) is 3.55. The van der Waals surface area contributed by atoms with Crippen LogP contribution in [0, 0.1) is 41.4 Å². The van der Waals surface area contributed by atoms with Gasteiger partial charge in [-0.2, -0.15) is 0 Å². The second-order valence-electron chi connectivity index (χ2n) is 9.80. The van der Waals surface area contributed by atoms with Crippen molar-refractivity contribution in [2.45, 2.75) is 38.1 Å². The Bertz CT molecular complexity index is 980. The number of benzene rings is 1. The van der Waals surface area contributed by atoms with E-state index >= 15 is 0 Å². The van der Waals surface area contributed by atoms with Crippen LogP contribution in [0.15, 0.2) is 30.4 Å². The third-order valence-electron chi connectivity index (χ3n) is 8.34. The number of nitrogens with zero attached hydrogens (tertiary/aromatic N) is 1. The zero-order valence-electron chi connectivity index (χ0n) is 17.0. The molecule has 2 bridgehead atoms. The molecule has 1 heterocycles. The number of amides is 3. The molecule has 7 heteroatoms. The van der Waals surface area contributed by atoms with Gasteiger partial charge in [-0.25, -0.2) is 0 Å². The van der Waals surface area contributed by atoms with Crippen molar-refractivity contribution in [1.29, 1.82) is 0 Å². The van der Waals surface area contributed by atoms with Crippen LogP contribution in [0.2, 0.25) is 10.0 Å². The Morgan fingerprint density at radius 2 is 1.55 bits per heavy atom. The van der Waals surface area contributed by atoms with Gasteiger partial charge < -0.3 is 5.32 Å². The lowest BCUT2D eigenvalue weighted by molar-refractivity contribution is -0.144. The Kier molecular flexibility index (Phi) is 4.52. The van der Waals surface area contributed by atoms with Crippen molar-refractivity contribution in [3.05, 3.63) is 40.4 Å². The Morgan fingerprint density at radius 1 is 0.935 bits per heavy atom. The number of nitrogens with one attached hydrogen (secondary N) is 1. The quantitative estimate of drug-likeness (QED) is 0.533. The first-order chi connectivity index (χ1) is 15.0. The molecule has 3 amide bonds. The molecule has 5 aliphatic carbocycles. The van der Waals surface area contributed by atoms with Crippen LogP contribution in [0.3, 0.4) is 0 Å². The fourth-order valence-corrected chi connectivity index (χ4v) is 7.12. The monoisotopic (exact) mass is 458 g/mol. The lowest BCUT2D eigenvalue weighted by Gasteiger charge is -2.37. The number of anilines is 1. The smallest absolute Gasteiger partial charge is 0.233 e. The molecule has 1 aromatic carbocycles. The zero-order valence-corrected chi connectivity index (χ0v) is 18.5. The lowest BCUT2D eigenvalue weighted by atomic mass is 9.63. The normalized spacial score (nSPS) is 40.0. The van der Waals surface area contributed by atoms with Crippen molar-refractivity contribution in [2.75, 3.05) is 5.32 Å². The predicted octanol–water partition coefficient (Wildman–Crippen LogP) is 4.54. The van der Waals surface area contributed by atoms with E-state index in [1.165, 1.54) is 6.42 Å². The highest BCUT2D eigenvalue weighted by molar-refractivity contribution is 6.44. The number of rotatable bonds is 3. The van der Waals surface area contributed by atoms with Gasteiger partial charge in [0.05, 0.1) is 27.6 Å². The lowest BCUT2D eigenvalue weighted by Crippen LogP contribution is -2.44. The van der Waals surface area contributed by atoms with Crippen molar-refractivity contribution in [2.24, 2.45) is 41.4 Å². The molecule has 0 aromatic heterocycles. The summed E-state index contributed by atoms with van der Waals surface area (Å²) in [6.45, 7) is 0. The Balaban J connectivity index is 1.12. The van der Waals surface area contributed by atoms with Crippen molar-refractivity contribution in [3.63, 3.8) is 0 Å². The van der Waals surface area contributed by atoms with Crippen molar-refractivity contribution in [3.8, 4) is 0 Å². The molecule has 0 spiro atoms. The molecule has 31 heavy (non-hydrogen) atoms. The van der Waals surface area contributed by atoms with Crippen LogP contribution in [0.5, 0.6) is 0 Å². The number of hydrogen-bond donors (Lipinski definition) is 1. The summed E-state index contributed by atoms with van der Waals surface area (Å²) < 4.78 is 0. The SMILES string of the molecule is O=C(Nc1cccc(Cl)c1Cl)C1CCC(N2C(=O)[C@@H]3[C@H]4C=C[C@@H]([C@@H]5C[C@H]45)[C@@H]3C2=O)CC1. The molecular formula is C24H24Cl2N2O3. The molecule has 6 aliphatic rings. The van der Waals surface area contributed by atoms with Gasteiger partial charge in [0.1, 0.15) is 0 Å². The molecule has 1 aliphatic heterocycles. The molecule has 1 saturated heterocycles. The second kappa shape index (κ2) is 7.08. The van der Waals surface area contributed by atoms with Gasteiger partial charge in [0, 0.05) is 12.0 Å². The van der Waals surface area contributed by atoms with E-state index in [0.29, 0.717) is 53.3 Å². The third-order valence-corrected chi connectivity index (χ3v) is 9.16. The van der Waals surface area contributed by atoms with Gasteiger partial charge in [-0.05, 0) is 67.9 Å². The highest BCUT2D eigenvalue weighted by Crippen LogP contribution is 2.65. The summed E-state index contributed by atoms with van der Waals surface area (Å²) in [4.78, 5) is 40.9. The van der Waals surface area contributed by atoms with Gasteiger partial charge in [-0.1, -0.05) is 41.4 Å². The van der Waals surface area contributed by atoms with E-state index in [-0.39, 0.29) is 53.4 Å². The van der Waals surface area contributed by atoms with E-state index < -0.39 is 0 Å². The maximum Gasteiger partial charge on any atom is 0.233 e. The van der Waals surface area contributed by atoms with E-state index in [1.807, 2.05) is 0 Å². The summed E-state index contributed by atoms with van der Waals surface area (Å²) in [7, 11) is 0. The van der Waals surface area contributed by atoms with Gasteiger partial charge in [-0.3, -0.25) is 19.3 Å². The number of allylic oxidation sites excluding steroid dienone is 2. The minimum absolute atomic E-state index is 0.0401. The summed E-state index contributed by atoms with van der Waals surface area (Å²) in [6, 6.07) is 5.07. The minimum atomic E-state index is -0.160. The largest absolute Gasteiger partial charge is 0.324 e. The first-order valence-electron chi connectivity index (χ1n) is 11.3. The fourth-order valence-electron chi connectivity index (χ4n) is 6.77. The topological polar surface area (TPSA) is 66.5 Å². The summed E-state index contributed by atoms with van der Waals surface area (Å²) >= 11 is 12.2. The maximum atomic E-state index is 13.3. The molecule has 1 aromatic rings. The summed E-state index contributed by atoms with van der Waals surface area (Å²) in [5.74, 6) is 1.30. The Hall–Kier alpha value is -1.85. The first-order valence-corrected chi connectivity index (χ1v) is 12.0. The Morgan fingerprint density at radius 3 is 2.16 bits per heavy atom. The van der Waals surface area contributed by atoms with Crippen molar-refractivity contribution >= 4 is 46.6 Å².